The smallest absolute Gasteiger partial charge is 0.264 e. The molecule has 4 rings (SSSR count). The summed E-state index contributed by atoms with van der Waals surface area (Å²) in [5.74, 6) is 0.440. The highest BCUT2D eigenvalue weighted by molar-refractivity contribution is 7.17. The number of thiophene rings is 1. The molecule has 162 valence electrons. The third kappa shape index (κ3) is 4.77. The van der Waals surface area contributed by atoms with Crippen molar-refractivity contribution in [2.75, 3.05) is 19.6 Å². The molecule has 6 nitrogen and oxygen atoms in total. The Kier molecular flexibility index (Phi) is 6.74. The number of hydrogen-bond acceptors (Lipinski definition) is 4. The molecule has 1 N–H and O–H groups in total. The molecule has 2 aromatic carbocycles. The van der Waals surface area contributed by atoms with Crippen LogP contribution in [0.5, 0.6) is 0 Å². The Morgan fingerprint density at radius 2 is 1.88 bits per heavy atom. The molecule has 1 aromatic heterocycles. The molecule has 0 spiro atoms. The van der Waals surface area contributed by atoms with Crippen LogP contribution >= 0.6 is 22.9 Å². The van der Waals surface area contributed by atoms with Crippen molar-refractivity contribution in [3.05, 3.63) is 87.1 Å². The number of benzene rings is 2. The van der Waals surface area contributed by atoms with Crippen LogP contribution in [0.15, 0.2) is 71.7 Å². The first-order valence-electron chi connectivity index (χ1n) is 10.2. The zero-order valence-electron chi connectivity index (χ0n) is 17.5. The lowest BCUT2D eigenvalue weighted by Crippen LogP contribution is -2.54. The molecule has 1 fully saturated rings. The maximum Gasteiger partial charge on any atom is 0.264 e. The first-order valence-corrected chi connectivity index (χ1v) is 11.4. The SMILES string of the molecule is Cc1ccccc1N=C(NC#N)N1CCN(C(=O)c2ccc(Cl)s2)C(c2ccccc2)C1. The lowest BCUT2D eigenvalue weighted by Gasteiger charge is -2.42. The number of carbonyl (C=O) groups is 1. The van der Waals surface area contributed by atoms with Gasteiger partial charge in [-0.15, -0.1) is 11.3 Å². The highest BCUT2D eigenvalue weighted by atomic mass is 35.5. The lowest BCUT2D eigenvalue weighted by atomic mass is 10.0. The molecule has 0 aliphatic carbocycles. The second kappa shape index (κ2) is 9.86. The quantitative estimate of drug-likeness (QED) is 0.258. The summed E-state index contributed by atoms with van der Waals surface area (Å²) in [6.07, 6.45) is 2.01. The average Bonchev–Trinajstić information content (AvgIpc) is 3.26. The van der Waals surface area contributed by atoms with Crippen molar-refractivity contribution < 1.29 is 4.79 Å². The van der Waals surface area contributed by atoms with Gasteiger partial charge in [0.15, 0.2) is 6.19 Å². The first kappa shape index (κ1) is 21.9. The van der Waals surface area contributed by atoms with E-state index in [0.717, 1.165) is 16.8 Å². The van der Waals surface area contributed by atoms with Crippen LogP contribution in [0.3, 0.4) is 0 Å². The fourth-order valence-electron chi connectivity index (χ4n) is 3.78. The van der Waals surface area contributed by atoms with E-state index in [1.165, 1.54) is 11.3 Å². The molecule has 0 bridgehead atoms. The van der Waals surface area contributed by atoms with Crippen LogP contribution in [0.2, 0.25) is 4.34 Å². The van der Waals surface area contributed by atoms with Gasteiger partial charge in [0, 0.05) is 19.6 Å². The Hall–Kier alpha value is -3.34. The highest BCUT2D eigenvalue weighted by Crippen LogP contribution is 2.30. The molecule has 1 atom stereocenters. The monoisotopic (exact) mass is 463 g/mol. The van der Waals surface area contributed by atoms with Crippen molar-refractivity contribution in [1.82, 2.24) is 15.1 Å². The van der Waals surface area contributed by atoms with E-state index in [1.807, 2.05) is 77.5 Å². The number of aryl methyl sites for hydroxylation is 1. The standard InChI is InChI=1S/C24H22ClN5OS/c1-17-7-5-6-10-19(17)28-24(27-16-26)29-13-14-30(23(31)21-11-12-22(25)32-21)20(15-29)18-8-3-2-4-9-18/h2-12,20H,13-15H2,1H3,(H,27,28). The predicted octanol–water partition coefficient (Wildman–Crippen LogP) is 4.97. The van der Waals surface area contributed by atoms with Crippen molar-refractivity contribution >= 4 is 40.5 Å². The van der Waals surface area contributed by atoms with Crippen molar-refractivity contribution in [3.63, 3.8) is 0 Å². The highest BCUT2D eigenvalue weighted by Gasteiger charge is 2.34. The van der Waals surface area contributed by atoms with Crippen LogP contribution in [0.4, 0.5) is 5.69 Å². The summed E-state index contributed by atoms with van der Waals surface area (Å²) >= 11 is 7.36. The van der Waals surface area contributed by atoms with E-state index in [-0.39, 0.29) is 11.9 Å². The minimum atomic E-state index is -0.194. The van der Waals surface area contributed by atoms with Gasteiger partial charge in [-0.05, 0) is 36.2 Å². The number of halogens is 1. The van der Waals surface area contributed by atoms with E-state index in [1.54, 1.807) is 12.1 Å². The zero-order chi connectivity index (χ0) is 22.5. The van der Waals surface area contributed by atoms with E-state index < -0.39 is 0 Å². The number of carbonyl (C=O) groups excluding carboxylic acids is 1. The number of amides is 1. The number of hydrogen-bond donors (Lipinski definition) is 1. The Morgan fingerprint density at radius 3 is 2.56 bits per heavy atom. The molecule has 3 aromatic rings. The second-order valence-electron chi connectivity index (χ2n) is 7.43. The Morgan fingerprint density at radius 1 is 1.12 bits per heavy atom. The molecular formula is C24H22ClN5OS. The minimum absolute atomic E-state index is 0.0407. The van der Waals surface area contributed by atoms with Crippen LogP contribution in [-0.2, 0) is 0 Å². The normalized spacial score (nSPS) is 16.5. The minimum Gasteiger partial charge on any atom is -0.338 e. The van der Waals surface area contributed by atoms with Gasteiger partial charge in [0.2, 0.25) is 5.96 Å². The average molecular weight is 464 g/mol. The van der Waals surface area contributed by atoms with Gasteiger partial charge in [-0.3, -0.25) is 10.1 Å². The van der Waals surface area contributed by atoms with E-state index in [9.17, 15) is 10.1 Å². The summed E-state index contributed by atoms with van der Waals surface area (Å²) in [4.78, 5) is 22.5. The number of aliphatic imine (C=N–C) groups is 1. The number of rotatable bonds is 3. The summed E-state index contributed by atoms with van der Waals surface area (Å²) in [7, 11) is 0. The van der Waals surface area contributed by atoms with Gasteiger partial charge in [-0.25, -0.2) is 4.99 Å². The summed E-state index contributed by atoms with van der Waals surface area (Å²) in [5, 5.41) is 12.1. The summed E-state index contributed by atoms with van der Waals surface area (Å²) in [5.41, 5.74) is 2.85. The molecular weight excluding hydrogens is 442 g/mol. The molecule has 1 saturated heterocycles. The van der Waals surface area contributed by atoms with Crippen LogP contribution in [0, 0.1) is 18.4 Å². The lowest BCUT2D eigenvalue weighted by molar-refractivity contribution is 0.0552. The van der Waals surface area contributed by atoms with Gasteiger partial charge in [-0.2, -0.15) is 5.26 Å². The topological polar surface area (TPSA) is 71.7 Å². The molecule has 1 aliphatic heterocycles. The number of guanidine groups is 1. The first-order chi connectivity index (χ1) is 15.6. The third-order valence-corrected chi connectivity index (χ3v) is 6.64. The van der Waals surface area contributed by atoms with Gasteiger partial charge in [-0.1, -0.05) is 60.1 Å². The fourth-order valence-corrected chi connectivity index (χ4v) is 4.78. The van der Waals surface area contributed by atoms with Crippen LogP contribution in [-0.4, -0.2) is 41.3 Å². The van der Waals surface area contributed by atoms with E-state index in [2.05, 4.69) is 5.32 Å². The largest absolute Gasteiger partial charge is 0.338 e. The molecule has 32 heavy (non-hydrogen) atoms. The number of nitrogens with one attached hydrogen (secondary N) is 1. The fraction of sp³-hybridized carbons (Fsp3) is 0.208. The maximum absolute atomic E-state index is 13.3. The molecule has 1 unspecified atom stereocenters. The number of nitrogens with zero attached hydrogens (tertiary/aromatic N) is 4. The van der Waals surface area contributed by atoms with E-state index >= 15 is 0 Å². The number of piperazine rings is 1. The molecule has 8 heteroatoms. The van der Waals surface area contributed by atoms with Gasteiger partial charge < -0.3 is 9.80 Å². The zero-order valence-corrected chi connectivity index (χ0v) is 19.1. The second-order valence-corrected chi connectivity index (χ2v) is 9.15. The molecule has 0 saturated carbocycles. The van der Waals surface area contributed by atoms with Crippen molar-refractivity contribution in [3.8, 4) is 6.19 Å². The molecule has 0 radical (unpaired) electrons. The van der Waals surface area contributed by atoms with E-state index in [0.29, 0.717) is 34.8 Å². The van der Waals surface area contributed by atoms with Crippen molar-refractivity contribution in [1.29, 1.82) is 5.26 Å². The van der Waals surface area contributed by atoms with Crippen molar-refractivity contribution in [2.45, 2.75) is 13.0 Å². The van der Waals surface area contributed by atoms with Crippen LogP contribution in [0.25, 0.3) is 0 Å². The summed E-state index contributed by atoms with van der Waals surface area (Å²) in [6.45, 7) is 3.54. The maximum atomic E-state index is 13.3. The van der Waals surface area contributed by atoms with Gasteiger partial charge >= 0.3 is 0 Å². The Bertz CT molecular complexity index is 1170. The van der Waals surface area contributed by atoms with Gasteiger partial charge in [0.25, 0.3) is 5.91 Å². The van der Waals surface area contributed by atoms with Crippen LogP contribution < -0.4 is 5.32 Å². The predicted molar refractivity (Wildman–Crippen MR) is 128 cm³/mol. The molecule has 2 heterocycles. The van der Waals surface area contributed by atoms with Gasteiger partial charge in [0.05, 0.1) is 20.9 Å². The Labute approximate surface area is 196 Å². The van der Waals surface area contributed by atoms with Crippen LogP contribution in [0.1, 0.15) is 26.8 Å². The van der Waals surface area contributed by atoms with Gasteiger partial charge in [0.1, 0.15) is 0 Å². The van der Waals surface area contributed by atoms with Crippen molar-refractivity contribution in [2.24, 2.45) is 4.99 Å². The third-order valence-electron chi connectivity index (χ3n) is 5.42. The molecule has 1 aliphatic rings. The number of nitriles is 1. The summed E-state index contributed by atoms with van der Waals surface area (Å²) in [6, 6.07) is 21.0. The Balaban J connectivity index is 1.66. The number of para-hydroxylation sites is 1. The molecule has 1 amide bonds. The van der Waals surface area contributed by atoms with E-state index in [4.69, 9.17) is 16.6 Å². The summed E-state index contributed by atoms with van der Waals surface area (Å²) < 4.78 is 0.592.